The Hall–Kier alpha value is -2.18. The van der Waals surface area contributed by atoms with Crippen LogP contribution in [0, 0.1) is 0 Å². The largest absolute Gasteiger partial charge is 0.383 e. The summed E-state index contributed by atoms with van der Waals surface area (Å²) in [5, 5.41) is 2.91. The van der Waals surface area contributed by atoms with E-state index in [1.807, 2.05) is 35.9 Å². The molecule has 1 amide bonds. The SMILES string of the molecule is CCC(COC)NC(=O)[C@@H](N)Cc1cn(Cc2ccccc2)cn1. The summed E-state index contributed by atoms with van der Waals surface area (Å²) in [6.45, 7) is 3.24. The second-order valence-corrected chi connectivity index (χ2v) is 5.90. The number of rotatable bonds is 9. The molecule has 0 fully saturated rings. The molecule has 2 aromatic rings. The van der Waals surface area contributed by atoms with Crippen molar-refractivity contribution in [1.82, 2.24) is 14.9 Å². The molecule has 6 nitrogen and oxygen atoms in total. The summed E-state index contributed by atoms with van der Waals surface area (Å²) in [5.74, 6) is -0.170. The molecule has 0 saturated heterocycles. The molecule has 1 aromatic carbocycles. The third-order valence-corrected chi connectivity index (χ3v) is 3.87. The highest BCUT2D eigenvalue weighted by Gasteiger charge is 2.18. The van der Waals surface area contributed by atoms with Crippen molar-refractivity contribution in [2.45, 2.75) is 38.4 Å². The monoisotopic (exact) mass is 330 g/mol. The maximum Gasteiger partial charge on any atom is 0.237 e. The Morgan fingerprint density at radius 3 is 2.79 bits per heavy atom. The van der Waals surface area contributed by atoms with Crippen molar-refractivity contribution in [2.75, 3.05) is 13.7 Å². The lowest BCUT2D eigenvalue weighted by molar-refractivity contribution is -0.123. The minimum atomic E-state index is -0.615. The third-order valence-electron chi connectivity index (χ3n) is 3.87. The number of carbonyl (C=O) groups is 1. The molecule has 3 N–H and O–H groups in total. The lowest BCUT2D eigenvalue weighted by atomic mass is 10.1. The molecular weight excluding hydrogens is 304 g/mol. The van der Waals surface area contributed by atoms with Gasteiger partial charge in [0.1, 0.15) is 0 Å². The fourth-order valence-corrected chi connectivity index (χ4v) is 2.48. The van der Waals surface area contributed by atoms with Gasteiger partial charge in [-0.1, -0.05) is 37.3 Å². The van der Waals surface area contributed by atoms with Gasteiger partial charge in [0.15, 0.2) is 0 Å². The van der Waals surface area contributed by atoms with Crippen LogP contribution in [-0.2, 0) is 22.5 Å². The highest BCUT2D eigenvalue weighted by atomic mass is 16.5. The topological polar surface area (TPSA) is 82.2 Å². The maximum atomic E-state index is 12.2. The fourth-order valence-electron chi connectivity index (χ4n) is 2.48. The number of hydrogen-bond acceptors (Lipinski definition) is 4. The van der Waals surface area contributed by atoms with Gasteiger partial charge in [-0.15, -0.1) is 0 Å². The Labute approximate surface area is 143 Å². The van der Waals surface area contributed by atoms with E-state index in [4.69, 9.17) is 10.5 Å². The quantitative estimate of drug-likeness (QED) is 0.727. The molecule has 2 rings (SSSR count). The molecule has 1 unspecified atom stereocenters. The predicted octanol–water partition coefficient (Wildman–Crippen LogP) is 1.34. The van der Waals surface area contributed by atoms with Crippen molar-refractivity contribution in [1.29, 1.82) is 0 Å². The maximum absolute atomic E-state index is 12.2. The Kier molecular flexibility index (Phi) is 6.96. The standard InChI is InChI=1S/C18H26N4O2/c1-3-15(12-24-2)21-18(23)17(19)9-16-11-22(13-20-16)10-14-7-5-4-6-8-14/h4-8,11,13,15,17H,3,9-10,12,19H2,1-2H3,(H,21,23)/t15?,17-/m0/s1. The smallest absolute Gasteiger partial charge is 0.237 e. The van der Waals surface area contributed by atoms with Crippen LogP contribution in [0.3, 0.4) is 0 Å². The average molecular weight is 330 g/mol. The van der Waals surface area contributed by atoms with Gasteiger partial charge in [-0.2, -0.15) is 0 Å². The zero-order chi connectivity index (χ0) is 17.4. The molecular formula is C18H26N4O2. The first-order chi connectivity index (χ1) is 11.6. The summed E-state index contributed by atoms with van der Waals surface area (Å²) in [6, 6.07) is 9.53. The zero-order valence-corrected chi connectivity index (χ0v) is 14.3. The minimum absolute atomic E-state index is 0.0100. The molecule has 0 bridgehead atoms. The number of hydrogen-bond donors (Lipinski definition) is 2. The number of carbonyl (C=O) groups excluding carboxylic acids is 1. The first-order valence-electron chi connectivity index (χ1n) is 8.21. The van der Waals surface area contributed by atoms with Crippen LogP contribution >= 0.6 is 0 Å². The van der Waals surface area contributed by atoms with Gasteiger partial charge in [0.05, 0.1) is 30.7 Å². The van der Waals surface area contributed by atoms with Crippen LogP contribution in [0.1, 0.15) is 24.6 Å². The summed E-state index contributed by atoms with van der Waals surface area (Å²) in [4.78, 5) is 16.5. The molecule has 0 aliphatic rings. The van der Waals surface area contributed by atoms with Gasteiger partial charge in [-0.25, -0.2) is 4.98 Å². The summed E-state index contributed by atoms with van der Waals surface area (Å²) >= 11 is 0. The molecule has 1 aromatic heterocycles. The van der Waals surface area contributed by atoms with Crippen molar-refractivity contribution in [3.8, 4) is 0 Å². The highest BCUT2D eigenvalue weighted by Crippen LogP contribution is 2.05. The number of nitrogens with two attached hydrogens (primary N) is 1. The van der Waals surface area contributed by atoms with Crippen molar-refractivity contribution < 1.29 is 9.53 Å². The van der Waals surface area contributed by atoms with Gasteiger partial charge >= 0.3 is 0 Å². The van der Waals surface area contributed by atoms with E-state index in [1.54, 1.807) is 13.4 Å². The molecule has 0 aliphatic heterocycles. The van der Waals surface area contributed by atoms with E-state index in [9.17, 15) is 4.79 Å². The van der Waals surface area contributed by atoms with Gasteiger partial charge in [0.2, 0.25) is 5.91 Å². The molecule has 2 atom stereocenters. The van der Waals surface area contributed by atoms with E-state index < -0.39 is 6.04 Å². The van der Waals surface area contributed by atoms with Gasteiger partial charge in [0, 0.05) is 26.3 Å². The van der Waals surface area contributed by atoms with Crippen LogP contribution < -0.4 is 11.1 Å². The number of ether oxygens (including phenoxy) is 1. The Bertz CT molecular complexity index is 627. The third kappa shape index (κ3) is 5.47. The lowest BCUT2D eigenvalue weighted by Crippen LogP contribution is -2.47. The molecule has 0 saturated carbocycles. The van der Waals surface area contributed by atoms with Crippen LogP contribution in [0.4, 0.5) is 0 Å². The number of imidazole rings is 1. The van der Waals surface area contributed by atoms with E-state index in [-0.39, 0.29) is 11.9 Å². The minimum Gasteiger partial charge on any atom is -0.383 e. The second-order valence-electron chi connectivity index (χ2n) is 5.90. The van der Waals surface area contributed by atoms with Crippen molar-refractivity contribution in [3.05, 3.63) is 54.1 Å². The van der Waals surface area contributed by atoms with Gasteiger partial charge in [0.25, 0.3) is 0 Å². The van der Waals surface area contributed by atoms with Crippen molar-refractivity contribution in [2.24, 2.45) is 5.73 Å². The van der Waals surface area contributed by atoms with Crippen molar-refractivity contribution in [3.63, 3.8) is 0 Å². The number of methoxy groups -OCH3 is 1. The number of amides is 1. The summed E-state index contributed by atoms with van der Waals surface area (Å²) in [5.41, 5.74) is 8.02. The predicted molar refractivity (Wildman–Crippen MR) is 93.5 cm³/mol. The fraction of sp³-hybridized carbons (Fsp3) is 0.444. The molecule has 1 heterocycles. The van der Waals surface area contributed by atoms with E-state index in [1.165, 1.54) is 5.56 Å². The van der Waals surface area contributed by atoms with Crippen LogP contribution in [0.15, 0.2) is 42.9 Å². The average Bonchev–Trinajstić information content (AvgIpc) is 3.02. The first kappa shape index (κ1) is 18.2. The van der Waals surface area contributed by atoms with Crippen LogP contribution in [-0.4, -0.2) is 41.3 Å². The number of nitrogens with one attached hydrogen (secondary N) is 1. The number of aromatic nitrogens is 2. The molecule has 130 valence electrons. The Balaban J connectivity index is 1.87. The zero-order valence-electron chi connectivity index (χ0n) is 14.3. The van der Waals surface area contributed by atoms with Crippen LogP contribution in [0.5, 0.6) is 0 Å². The molecule has 0 aliphatic carbocycles. The normalized spacial score (nSPS) is 13.5. The van der Waals surface area contributed by atoms with Gasteiger partial charge in [-0.05, 0) is 12.0 Å². The van der Waals surface area contributed by atoms with E-state index in [2.05, 4.69) is 22.4 Å². The van der Waals surface area contributed by atoms with Gasteiger partial charge < -0.3 is 20.4 Å². The van der Waals surface area contributed by atoms with E-state index >= 15 is 0 Å². The molecule has 0 radical (unpaired) electrons. The van der Waals surface area contributed by atoms with Crippen LogP contribution in [0.25, 0.3) is 0 Å². The number of benzene rings is 1. The summed E-state index contributed by atoms with van der Waals surface area (Å²) in [7, 11) is 1.62. The van der Waals surface area contributed by atoms with Gasteiger partial charge in [-0.3, -0.25) is 4.79 Å². The Morgan fingerprint density at radius 2 is 2.12 bits per heavy atom. The summed E-state index contributed by atoms with van der Waals surface area (Å²) in [6.07, 6.45) is 4.92. The van der Waals surface area contributed by atoms with Crippen LogP contribution in [0.2, 0.25) is 0 Å². The Morgan fingerprint density at radius 1 is 1.38 bits per heavy atom. The van der Waals surface area contributed by atoms with E-state index in [0.717, 1.165) is 18.7 Å². The highest BCUT2D eigenvalue weighted by molar-refractivity contribution is 5.82. The molecule has 6 heteroatoms. The van der Waals surface area contributed by atoms with Crippen molar-refractivity contribution >= 4 is 5.91 Å². The second kappa shape index (κ2) is 9.20. The molecule has 0 spiro atoms. The van der Waals surface area contributed by atoms with E-state index in [0.29, 0.717) is 13.0 Å². The lowest BCUT2D eigenvalue weighted by Gasteiger charge is -2.18. The molecule has 24 heavy (non-hydrogen) atoms. The summed E-state index contributed by atoms with van der Waals surface area (Å²) < 4.78 is 7.08. The first-order valence-corrected chi connectivity index (χ1v) is 8.21. The number of nitrogens with zero attached hydrogens (tertiary/aromatic N) is 2.